The van der Waals surface area contributed by atoms with Crippen molar-refractivity contribution in [3.8, 4) is 0 Å². The molecule has 0 aromatic heterocycles. The first-order valence-electron chi connectivity index (χ1n) is 8.67. The van der Waals surface area contributed by atoms with Crippen LogP contribution in [-0.2, 0) is 21.0 Å². The van der Waals surface area contributed by atoms with E-state index in [1.54, 1.807) is 0 Å². The van der Waals surface area contributed by atoms with Gasteiger partial charge in [0.2, 0.25) is 0 Å². The van der Waals surface area contributed by atoms with Crippen LogP contribution in [0.4, 0.5) is 0 Å². The Balaban J connectivity index is 0.00000110. The van der Waals surface area contributed by atoms with Crippen LogP contribution >= 0.6 is 15.9 Å². The molecular formula is C18H33BrO5SSi. The lowest BCUT2D eigenvalue weighted by atomic mass is 9.79. The van der Waals surface area contributed by atoms with Crippen molar-refractivity contribution >= 4 is 35.1 Å². The highest BCUT2D eigenvalue weighted by atomic mass is 79.9. The third-order valence-electron chi connectivity index (χ3n) is 3.65. The zero-order valence-corrected chi connectivity index (χ0v) is 20.1. The Kier molecular flexibility index (Phi) is 11.4. The Labute approximate surface area is 168 Å². The smallest absolute Gasteiger partial charge is 0.261 e. The molecule has 0 bridgehead atoms. The first-order valence-corrected chi connectivity index (χ1v) is 14.1. The summed E-state index contributed by atoms with van der Waals surface area (Å²) in [5, 5.41) is 9.82. The second-order valence-corrected chi connectivity index (χ2v) is 12.6. The minimum Gasteiger partial charge on any atom is -0.417 e. The zero-order chi connectivity index (χ0) is 20.5. The molecule has 1 unspecified atom stereocenters. The molecule has 26 heavy (non-hydrogen) atoms. The fourth-order valence-corrected chi connectivity index (χ4v) is 4.14. The number of hydrogen-bond donors (Lipinski definition) is 2. The second kappa shape index (κ2) is 11.6. The van der Waals surface area contributed by atoms with E-state index in [0.717, 1.165) is 17.3 Å². The van der Waals surface area contributed by atoms with Gasteiger partial charge < -0.3 is 9.53 Å². The molecule has 0 heterocycles. The lowest BCUT2D eigenvalue weighted by molar-refractivity contribution is 0.00499. The van der Waals surface area contributed by atoms with Gasteiger partial charge in [0.05, 0.1) is 12.4 Å². The van der Waals surface area contributed by atoms with Crippen LogP contribution in [0.25, 0.3) is 0 Å². The predicted molar refractivity (Wildman–Crippen MR) is 114 cm³/mol. The molecule has 2 atom stereocenters. The van der Waals surface area contributed by atoms with Gasteiger partial charge in [-0.25, -0.2) is 0 Å². The molecular weight excluding hydrogens is 436 g/mol. The lowest BCUT2D eigenvalue weighted by Crippen LogP contribution is -2.41. The first-order chi connectivity index (χ1) is 11.7. The van der Waals surface area contributed by atoms with Crippen molar-refractivity contribution in [1.29, 1.82) is 0 Å². The van der Waals surface area contributed by atoms with E-state index in [1.165, 1.54) is 5.56 Å². The van der Waals surface area contributed by atoms with E-state index in [4.69, 9.17) is 8.98 Å². The van der Waals surface area contributed by atoms with Crippen molar-refractivity contribution in [2.45, 2.75) is 52.8 Å². The Morgan fingerprint density at radius 2 is 1.65 bits per heavy atom. The van der Waals surface area contributed by atoms with Gasteiger partial charge in [0, 0.05) is 17.0 Å². The average Bonchev–Trinajstić information content (AvgIpc) is 2.45. The summed E-state index contributed by atoms with van der Waals surface area (Å²) in [4.78, 5) is 0. The third-order valence-corrected chi connectivity index (χ3v) is 5.02. The normalized spacial score (nSPS) is 14.5. The highest BCUT2D eigenvalue weighted by Gasteiger charge is 2.33. The van der Waals surface area contributed by atoms with Crippen molar-refractivity contribution in [1.82, 2.24) is 0 Å². The summed E-state index contributed by atoms with van der Waals surface area (Å²) < 4.78 is 33.2. The number of aliphatic hydroxyl groups is 1. The molecule has 1 aromatic carbocycles. The zero-order valence-electron chi connectivity index (χ0n) is 16.6. The lowest BCUT2D eigenvalue weighted by Gasteiger charge is -2.38. The van der Waals surface area contributed by atoms with E-state index in [1.807, 2.05) is 0 Å². The van der Waals surface area contributed by atoms with Crippen LogP contribution in [-0.4, -0.2) is 46.1 Å². The van der Waals surface area contributed by atoms with Crippen molar-refractivity contribution < 1.29 is 22.5 Å². The Morgan fingerprint density at radius 3 is 2.00 bits per heavy atom. The van der Waals surface area contributed by atoms with Gasteiger partial charge >= 0.3 is 0 Å². The van der Waals surface area contributed by atoms with Gasteiger partial charge in [-0.2, -0.15) is 8.42 Å². The quantitative estimate of drug-likeness (QED) is 0.467. The topological polar surface area (TPSA) is 83.8 Å². The molecule has 1 aromatic rings. The molecule has 0 aliphatic heterocycles. The maximum atomic E-state index is 9.82. The summed E-state index contributed by atoms with van der Waals surface area (Å²) in [7, 11) is -4.79. The molecule has 2 N–H and O–H groups in total. The fraction of sp³-hybridized carbons (Fsp3) is 0.667. The number of rotatable bonds is 7. The SMILES string of the molecule is CS(=O)(=O)O.C[SiH](C)OC([C@@H](CO)CCc1ccc(Br)cc1)C(C)(C)C. The van der Waals surface area contributed by atoms with Gasteiger partial charge in [-0.05, 0) is 49.0 Å². The minimum absolute atomic E-state index is 0.0599. The molecule has 1 rings (SSSR count). The van der Waals surface area contributed by atoms with Crippen molar-refractivity contribution in [3.05, 3.63) is 34.3 Å². The number of hydrogen-bond acceptors (Lipinski definition) is 4. The van der Waals surface area contributed by atoms with E-state index in [2.05, 4.69) is 74.1 Å². The van der Waals surface area contributed by atoms with Crippen LogP contribution in [0.3, 0.4) is 0 Å². The first kappa shape index (κ1) is 25.7. The Bertz CT molecular complexity index is 603. The van der Waals surface area contributed by atoms with Gasteiger partial charge in [-0.15, -0.1) is 0 Å². The molecule has 0 spiro atoms. The fourth-order valence-electron chi connectivity index (χ4n) is 2.66. The van der Waals surface area contributed by atoms with Crippen LogP contribution in [0.2, 0.25) is 13.1 Å². The number of benzene rings is 1. The molecule has 0 saturated heterocycles. The highest BCUT2D eigenvalue weighted by Crippen LogP contribution is 2.31. The minimum atomic E-state index is -3.67. The van der Waals surface area contributed by atoms with Crippen LogP contribution in [0, 0.1) is 11.3 Å². The molecule has 0 amide bonds. The summed E-state index contributed by atoms with van der Waals surface area (Å²) >= 11 is 3.46. The van der Waals surface area contributed by atoms with E-state index in [0.29, 0.717) is 6.26 Å². The van der Waals surface area contributed by atoms with E-state index < -0.39 is 19.2 Å². The Hall–Kier alpha value is -0.253. The number of aryl methyl sites for hydroxylation is 1. The molecule has 0 fully saturated rings. The number of halogens is 1. The molecule has 5 nitrogen and oxygen atoms in total. The average molecular weight is 470 g/mol. The van der Waals surface area contributed by atoms with Crippen molar-refractivity contribution in [2.75, 3.05) is 12.9 Å². The van der Waals surface area contributed by atoms with Gasteiger partial charge in [0.15, 0.2) is 9.04 Å². The Morgan fingerprint density at radius 1 is 1.19 bits per heavy atom. The van der Waals surface area contributed by atoms with Gasteiger partial charge in [-0.1, -0.05) is 48.8 Å². The standard InChI is InChI=1S/C17H29BrO2Si.CH4O3S/c1-17(2,3)16(20-21(4)5)14(12-19)9-6-13-7-10-15(18)11-8-13;1-5(2,3)4/h7-8,10-11,14,16,19,21H,6,9,12H2,1-5H3;1H3,(H,2,3,4)/t14-,16?;/m1./s1. The van der Waals surface area contributed by atoms with Crippen molar-refractivity contribution in [2.24, 2.45) is 11.3 Å². The van der Waals surface area contributed by atoms with Crippen LogP contribution in [0.15, 0.2) is 28.7 Å². The van der Waals surface area contributed by atoms with Gasteiger partial charge in [0.1, 0.15) is 0 Å². The van der Waals surface area contributed by atoms with E-state index in [-0.39, 0.29) is 24.0 Å². The number of aliphatic hydroxyl groups excluding tert-OH is 1. The molecule has 0 aliphatic rings. The summed E-state index contributed by atoms with van der Waals surface area (Å²) in [6, 6.07) is 8.43. The molecule has 0 saturated carbocycles. The van der Waals surface area contributed by atoms with Crippen LogP contribution in [0.5, 0.6) is 0 Å². The maximum Gasteiger partial charge on any atom is 0.261 e. The van der Waals surface area contributed by atoms with Gasteiger partial charge in [-0.3, -0.25) is 4.55 Å². The van der Waals surface area contributed by atoms with Gasteiger partial charge in [0.25, 0.3) is 10.1 Å². The maximum absolute atomic E-state index is 9.82. The van der Waals surface area contributed by atoms with Crippen LogP contribution < -0.4 is 0 Å². The van der Waals surface area contributed by atoms with Crippen LogP contribution in [0.1, 0.15) is 32.8 Å². The summed E-state index contributed by atoms with van der Waals surface area (Å²) in [6.45, 7) is 11.2. The second-order valence-electron chi connectivity index (χ2n) is 7.81. The highest BCUT2D eigenvalue weighted by molar-refractivity contribution is 9.10. The molecule has 8 heteroatoms. The molecule has 0 radical (unpaired) electrons. The van der Waals surface area contributed by atoms with E-state index in [9.17, 15) is 13.5 Å². The van der Waals surface area contributed by atoms with Crippen molar-refractivity contribution in [3.63, 3.8) is 0 Å². The monoisotopic (exact) mass is 468 g/mol. The third kappa shape index (κ3) is 13.0. The largest absolute Gasteiger partial charge is 0.417 e. The van der Waals surface area contributed by atoms with E-state index >= 15 is 0 Å². The molecule has 0 aliphatic carbocycles. The summed E-state index contributed by atoms with van der Waals surface area (Å²) in [6.07, 6.45) is 2.78. The summed E-state index contributed by atoms with van der Waals surface area (Å²) in [5.41, 5.74) is 1.37. The predicted octanol–water partition coefficient (Wildman–Crippen LogP) is 3.91. The summed E-state index contributed by atoms with van der Waals surface area (Å²) in [5.74, 6) is 0.198. The molecule has 152 valence electrons.